The van der Waals surface area contributed by atoms with Gasteiger partial charge in [-0.2, -0.15) is 0 Å². The minimum atomic E-state index is -0.106. The highest BCUT2D eigenvalue weighted by atomic mass is 16.1. The number of piperidine rings is 1. The zero-order valence-corrected chi connectivity index (χ0v) is 13.8. The van der Waals surface area contributed by atoms with E-state index in [1.807, 2.05) is 44.3 Å². The first-order chi connectivity index (χ1) is 11.1. The van der Waals surface area contributed by atoms with Crippen LogP contribution in [0.3, 0.4) is 0 Å². The first-order valence-electron chi connectivity index (χ1n) is 8.23. The van der Waals surface area contributed by atoms with E-state index in [0.29, 0.717) is 5.56 Å². The lowest BCUT2D eigenvalue weighted by Crippen LogP contribution is -2.29. The minimum Gasteiger partial charge on any atom is -0.370 e. The predicted octanol–water partition coefficient (Wildman–Crippen LogP) is 3.94. The van der Waals surface area contributed by atoms with Crippen LogP contribution in [0.4, 0.5) is 11.4 Å². The number of aryl methyl sites for hydroxylation is 1. The van der Waals surface area contributed by atoms with Crippen LogP contribution in [0.5, 0.6) is 0 Å². The Kier molecular flexibility index (Phi) is 4.60. The van der Waals surface area contributed by atoms with Crippen LogP contribution < -0.4 is 10.2 Å². The van der Waals surface area contributed by atoms with Crippen LogP contribution in [0.25, 0.3) is 0 Å². The van der Waals surface area contributed by atoms with Gasteiger partial charge in [-0.1, -0.05) is 12.1 Å². The third-order valence-electron chi connectivity index (χ3n) is 4.56. The Morgan fingerprint density at radius 3 is 2.70 bits per heavy atom. The topological polar surface area (TPSA) is 45.2 Å². The molecule has 3 rings (SSSR count). The molecule has 0 unspecified atom stereocenters. The Morgan fingerprint density at radius 2 is 1.91 bits per heavy atom. The van der Waals surface area contributed by atoms with Gasteiger partial charge < -0.3 is 10.2 Å². The van der Waals surface area contributed by atoms with Crippen LogP contribution in [0, 0.1) is 13.8 Å². The molecule has 1 aliphatic heterocycles. The van der Waals surface area contributed by atoms with Crippen molar-refractivity contribution in [2.75, 3.05) is 23.3 Å². The summed E-state index contributed by atoms with van der Waals surface area (Å²) in [6, 6.07) is 7.88. The van der Waals surface area contributed by atoms with E-state index in [-0.39, 0.29) is 5.91 Å². The summed E-state index contributed by atoms with van der Waals surface area (Å²) < 4.78 is 0. The maximum atomic E-state index is 12.5. The zero-order chi connectivity index (χ0) is 16.2. The Labute approximate surface area is 137 Å². The molecule has 0 bridgehead atoms. The number of aromatic nitrogens is 1. The van der Waals surface area contributed by atoms with Gasteiger partial charge in [-0.05, 0) is 56.4 Å². The lowest BCUT2D eigenvalue weighted by molar-refractivity contribution is 0.102. The molecule has 1 fully saturated rings. The maximum Gasteiger partial charge on any atom is 0.257 e. The van der Waals surface area contributed by atoms with Crippen molar-refractivity contribution in [3.63, 3.8) is 0 Å². The summed E-state index contributed by atoms with van der Waals surface area (Å²) >= 11 is 0. The normalized spacial score (nSPS) is 14.6. The smallest absolute Gasteiger partial charge is 0.257 e. The number of amides is 1. The molecule has 0 radical (unpaired) electrons. The van der Waals surface area contributed by atoms with Gasteiger partial charge >= 0.3 is 0 Å². The summed E-state index contributed by atoms with van der Waals surface area (Å²) in [5.74, 6) is -0.106. The predicted molar refractivity (Wildman–Crippen MR) is 94.2 cm³/mol. The van der Waals surface area contributed by atoms with Crippen LogP contribution in [-0.4, -0.2) is 24.0 Å². The number of pyridine rings is 1. The Balaban J connectivity index is 1.78. The van der Waals surface area contributed by atoms with Crippen molar-refractivity contribution in [3.8, 4) is 0 Å². The second-order valence-electron chi connectivity index (χ2n) is 6.18. The van der Waals surface area contributed by atoms with Crippen LogP contribution >= 0.6 is 0 Å². The zero-order valence-electron chi connectivity index (χ0n) is 13.8. The molecule has 0 spiro atoms. The van der Waals surface area contributed by atoms with Gasteiger partial charge in [-0.15, -0.1) is 0 Å². The summed E-state index contributed by atoms with van der Waals surface area (Å²) in [6.45, 7) is 6.16. The van der Waals surface area contributed by atoms with Gasteiger partial charge in [0.05, 0.1) is 17.4 Å². The van der Waals surface area contributed by atoms with Crippen LogP contribution in [0.1, 0.15) is 40.7 Å². The SMILES string of the molecule is Cc1cccc(NC(=O)c2cncc(N3CCCCC3)c2)c1C. The number of hydrogen-bond acceptors (Lipinski definition) is 3. The van der Waals surface area contributed by atoms with E-state index >= 15 is 0 Å². The van der Waals surface area contributed by atoms with Crippen molar-refractivity contribution in [2.24, 2.45) is 0 Å². The molecule has 1 saturated heterocycles. The molecule has 120 valence electrons. The number of nitrogens with one attached hydrogen (secondary N) is 1. The van der Waals surface area contributed by atoms with E-state index in [1.165, 1.54) is 24.8 Å². The van der Waals surface area contributed by atoms with Gasteiger partial charge in [-0.25, -0.2) is 0 Å². The van der Waals surface area contributed by atoms with Crippen molar-refractivity contribution in [3.05, 3.63) is 53.3 Å². The third-order valence-corrected chi connectivity index (χ3v) is 4.56. The second-order valence-corrected chi connectivity index (χ2v) is 6.18. The van der Waals surface area contributed by atoms with Crippen LogP contribution in [-0.2, 0) is 0 Å². The van der Waals surface area contributed by atoms with E-state index in [9.17, 15) is 4.79 Å². The molecular weight excluding hydrogens is 286 g/mol. The summed E-state index contributed by atoms with van der Waals surface area (Å²) in [5, 5.41) is 3.00. The summed E-state index contributed by atoms with van der Waals surface area (Å²) in [7, 11) is 0. The lowest BCUT2D eigenvalue weighted by Gasteiger charge is -2.28. The molecule has 1 amide bonds. The van der Waals surface area contributed by atoms with Crippen molar-refractivity contribution < 1.29 is 4.79 Å². The molecule has 1 N–H and O–H groups in total. The molecule has 4 heteroatoms. The molecule has 2 heterocycles. The average molecular weight is 309 g/mol. The Hall–Kier alpha value is -2.36. The van der Waals surface area contributed by atoms with E-state index in [2.05, 4.69) is 15.2 Å². The molecule has 23 heavy (non-hydrogen) atoms. The molecule has 1 aromatic carbocycles. The summed E-state index contributed by atoms with van der Waals surface area (Å²) in [6.07, 6.45) is 7.18. The van der Waals surface area contributed by atoms with Gasteiger partial charge in [0.1, 0.15) is 0 Å². The molecule has 1 aliphatic rings. The van der Waals surface area contributed by atoms with Crippen molar-refractivity contribution in [1.29, 1.82) is 0 Å². The van der Waals surface area contributed by atoms with Crippen LogP contribution in [0.2, 0.25) is 0 Å². The number of carbonyl (C=O) groups excluding carboxylic acids is 1. The van der Waals surface area contributed by atoms with Crippen LogP contribution in [0.15, 0.2) is 36.7 Å². The molecule has 1 aromatic heterocycles. The number of anilines is 2. The van der Waals surface area contributed by atoms with Gasteiger partial charge in [-0.3, -0.25) is 9.78 Å². The van der Waals surface area contributed by atoms with E-state index in [1.54, 1.807) is 6.20 Å². The molecule has 0 aliphatic carbocycles. The van der Waals surface area contributed by atoms with E-state index in [0.717, 1.165) is 30.0 Å². The fourth-order valence-corrected chi connectivity index (χ4v) is 2.96. The maximum absolute atomic E-state index is 12.5. The van der Waals surface area contributed by atoms with E-state index < -0.39 is 0 Å². The largest absolute Gasteiger partial charge is 0.370 e. The van der Waals surface area contributed by atoms with Crippen molar-refractivity contribution in [1.82, 2.24) is 4.98 Å². The number of nitrogens with zero attached hydrogens (tertiary/aromatic N) is 2. The van der Waals surface area contributed by atoms with Crippen molar-refractivity contribution in [2.45, 2.75) is 33.1 Å². The highest BCUT2D eigenvalue weighted by Gasteiger charge is 2.14. The third kappa shape index (κ3) is 3.52. The van der Waals surface area contributed by atoms with Gasteiger partial charge in [0, 0.05) is 25.0 Å². The Morgan fingerprint density at radius 1 is 1.13 bits per heavy atom. The van der Waals surface area contributed by atoms with Gasteiger partial charge in [0.25, 0.3) is 5.91 Å². The highest BCUT2D eigenvalue weighted by molar-refractivity contribution is 6.05. The molecule has 0 saturated carbocycles. The fraction of sp³-hybridized carbons (Fsp3) is 0.368. The highest BCUT2D eigenvalue weighted by Crippen LogP contribution is 2.22. The average Bonchev–Trinajstić information content (AvgIpc) is 2.60. The van der Waals surface area contributed by atoms with Crippen molar-refractivity contribution >= 4 is 17.3 Å². The molecule has 0 atom stereocenters. The molecule has 4 nitrogen and oxygen atoms in total. The standard InChI is InChI=1S/C19H23N3O/c1-14-7-6-8-18(15(14)2)21-19(23)16-11-17(13-20-12-16)22-9-4-3-5-10-22/h6-8,11-13H,3-5,9-10H2,1-2H3,(H,21,23). The Bertz CT molecular complexity index is 706. The van der Waals surface area contributed by atoms with E-state index in [4.69, 9.17) is 0 Å². The van der Waals surface area contributed by atoms with Gasteiger partial charge in [0.15, 0.2) is 0 Å². The first kappa shape index (κ1) is 15.5. The number of benzene rings is 1. The monoisotopic (exact) mass is 309 g/mol. The number of carbonyl (C=O) groups is 1. The second kappa shape index (κ2) is 6.82. The fourth-order valence-electron chi connectivity index (χ4n) is 2.96. The first-order valence-corrected chi connectivity index (χ1v) is 8.23. The summed E-state index contributed by atoms with van der Waals surface area (Å²) in [4.78, 5) is 19.1. The van der Waals surface area contributed by atoms with Gasteiger partial charge in [0.2, 0.25) is 0 Å². The lowest BCUT2D eigenvalue weighted by atomic mass is 10.1. The number of hydrogen-bond donors (Lipinski definition) is 1. The minimum absolute atomic E-state index is 0.106. The molecular formula is C19H23N3O. The number of rotatable bonds is 3. The summed E-state index contributed by atoms with van der Waals surface area (Å²) in [5.41, 5.74) is 4.77. The molecule has 2 aromatic rings. The quantitative estimate of drug-likeness (QED) is 0.934.